The van der Waals surface area contributed by atoms with Crippen LogP contribution in [0.1, 0.15) is 18.1 Å². The lowest BCUT2D eigenvalue weighted by molar-refractivity contribution is -0.116. The normalized spacial score (nSPS) is 12.6. The predicted molar refractivity (Wildman–Crippen MR) is 140 cm³/mol. The lowest BCUT2D eigenvalue weighted by Gasteiger charge is -2.28. The van der Waals surface area contributed by atoms with Gasteiger partial charge in [0.05, 0.1) is 16.8 Å². The maximum Gasteiger partial charge on any atom is 0.261 e. The average Bonchev–Trinajstić information content (AvgIpc) is 2.77. The van der Waals surface area contributed by atoms with E-state index in [0.717, 1.165) is 21.7 Å². The van der Waals surface area contributed by atoms with Gasteiger partial charge in [0.1, 0.15) is 6.04 Å². The molecular weight excluding hydrogens is 510 g/mol. The molecule has 0 heterocycles. The molecule has 0 aliphatic heterocycles. The molecule has 0 spiro atoms. The maximum absolute atomic E-state index is 12.9. The molecule has 1 atom stereocenters. The molecule has 8 nitrogen and oxygen atoms in total. The highest BCUT2D eigenvalue weighted by molar-refractivity contribution is 7.92. The van der Waals surface area contributed by atoms with Gasteiger partial charge in [0, 0.05) is 16.4 Å². The zero-order valence-electron chi connectivity index (χ0n) is 19.6. The Balaban J connectivity index is 1.77. The fraction of sp³-hybridized carbons (Fsp3) is 0.208. The van der Waals surface area contributed by atoms with Crippen molar-refractivity contribution in [1.29, 1.82) is 0 Å². The number of carbonyl (C=O) groups excluding carboxylic acids is 1. The number of rotatable bonds is 8. The first-order valence-electron chi connectivity index (χ1n) is 10.5. The summed E-state index contributed by atoms with van der Waals surface area (Å²) in [6, 6.07) is 15.9. The average molecular weight is 536 g/mol. The number of amides is 1. The molecule has 0 bridgehead atoms. The Morgan fingerprint density at radius 2 is 1.43 bits per heavy atom. The van der Waals surface area contributed by atoms with E-state index in [9.17, 15) is 21.6 Å². The highest BCUT2D eigenvalue weighted by Crippen LogP contribution is 2.25. The van der Waals surface area contributed by atoms with E-state index in [2.05, 4.69) is 10.0 Å². The van der Waals surface area contributed by atoms with Gasteiger partial charge in [-0.15, -0.1) is 0 Å². The van der Waals surface area contributed by atoms with Gasteiger partial charge in [-0.1, -0.05) is 17.7 Å². The van der Waals surface area contributed by atoms with Crippen LogP contribution in [0.3, 0.4) is 0 Å². The quantitative estimate of drug-likeness (QED) is 0.439. The van der Waals surface area contributed by atoms with Gasteiger partial charge in [0.25, 0.3) is 10.0 Å². The summed E-state index contributed by atoms with van der Waals surface area (Å²) in [5.41, 5.74) is 2.95. The van der Waals surface area contributed by atoms with E-state index in [0.29, 0.717) is 22.1 Å². The van der Waals surface area contributed by atoms with Crippen LogP contribution in [0.5, 0.6) is 0 Å². The van der Waals surface area contributed by atoms with E-state index in [1.165, 1.54) is 31.2 Å². The van der Waals surface area contributed by atoms with Crippen molar-refractivity contribution in [2.45, 2.75) is 31.7 Å². The van der Waals surface area contributed by atoms with Crippen molar-refractivity contribution in [3.05, 3.63) is 82.9 Å². The smallest absolute Gasteiger partial charge is 0.261 e. The van der Waals surface area contributed by atoms with Crippen LogP contribution in [0.25, 0.3) is 0 Å². The van der Waals surface area contributed by atoms with Gasteiger partial charge in [0.15, 0.2) is 0 Å². The molecule has 0 aliphatic carbocycles. The first-order chi connectivity index (χ1) is 16.3. The van der Waals surface area contributed by atoms with E-state index in [4.69, 9.17) is 11.6 Å². The van der Waals surface area contributed by atoms with E-state index in [1.807, 2.05) is 13.8 Å². The van der Waals surface area contributed by atoms with E-state index >= 15 is 0 Å². The van der Waals surface area contributed by atoms with Gasteiger partial charge in [-0.25, -0.2) is 16.8 Å². The Hall–Kier alpha value is -3.08. The molecule has 0 aliphatic rings. The third-order valence-electron chi connectivity index (χ3n) is 5.36. The molecule has 0 radical (unpaired) electrons. The zero-order chi connectivity index (χ0) is 26.0. The predicted octanol–water partition coefficient (Wildman–Crippen LogP) is 4.55. The lowest BCUT2D eigenvalue weighted by Crippen LogP contribution is -2.45. The lowest BCUT2D eigenvalue weighted by atomic mass is 10.1. The minimum absolute atomic E-state index is 0.00797. The Labute approximate surface area is 211 Å². The molecule has 35 heavy (non-hydrogen) atoms. The molecule has 0 aromatic heterocycles. The summed E-state index contributed by atoms with van der Waals surface area (Å²) in [5.74, 6) is -0.566. The van der Waals surface area contributed by atoms with E-state index in [-0.39, 0.29) is 4.90 Å². The first kappa shape index (κ1) is 26.5. The van der Waals surface area contributed by atoms with Crippen molar-refractivity contribution in [1.82, 2.24) is 0 Å². The molecule has 11 heteroatoms. The van der Waals surface area contributed by atoms with Gasteiger partial charge in [-0.05, 0) is 92.6 Å². The summed E-state index contributed by atoms with van der Waals surface area (Å²) in [5, 5.41) is 3.13. The first-order valence-corrected chi connectivity index (χ1v) is 14.2. The third-order valence-corrected chi connectivity index (χ3v) is 8.25. The molecule has 3 aromatic rings. The molecule has 2 N–H and O–H groups in total. The van der Waals surface area contributed by atoms with Crippen molar-refractivity contribution >= 4 is 54.6 Å². The number of halogens is 1. The van der Waals surface area contributed by atoms with Gasteiger partial charge >= 0.3 is 0 Å². The molecular formula is C24H26ClN3O5S2. The van der Waals surface area contributed by atoms with Crippen LogP contribution in [-0.4, -0.2) is 35.0 Å². The highest BCUT2D eigenvalue weighted by Gasteiger charge is 2.29. The Morgan fingerprint density at radius 3 is 1.97 bits per heavy atom. The van der Waals surface area contributed by atoms with Gasteiger partial charge in [-0.3, -0.25) is 13.8 Å². The summed E-state index contributed by atoms with van der Waals surface area (Å²) in [6.07, 6.45) is 1.04. The fourth-order valence-corrected chi connectivity index (χ4v) is 5.72. The van der Waals surface area contributed by atoms with Crippen molar-refractivity contribution in [2.24, 2.45) is 0 Å². The second-order valence-electron chi connectivity index (χ2n) is 8.13. The summed E-state index contributed by atoms with van der Waals surface area (Å²) < 4.78 is 53.8. The van der Waals surface area contributed by atoms with Crippen LogP contribution >= 0.6 is 11.6 Å². The number of nitrogens with one attached hydrogen (secondary N) is 2. The number of sulfonamides is 2. The minimum Gasteiger partial charge on any atom is -0.324 e. The number of carbonyl (C=O) groups is 1. The van der Waals surface area contributed by atoms with Crippen molar-refractivity contribution < 1.29 is 21.6 Å². The monoisotopic (exact) mass is 535 g/mol. The summed E-state index contributed by atoms with van der Waals surface area (Å²) in [7, 11) is -7.62. The van der Waals surface area contributed by atoms with Gasteiger partial charge in [-0.2, -0.15) is 0 Å². The number of hydrogen-bond donors (Lipinski definition) is 2. The standard InChI is InChI=1S/C24H26ClN3O5S2/c1-16-5-12-22(15-17(16)2)28(34(4,30)31)18(3)24(29)26-20-10-13-23(14-11-20)35(32,33)27-21-8-6-19(25)7-9-21/h5-15,18,27H,1-4H3,(H,26,29). The molecule has 0 saturated heterocycles. The number of nitrogens with zero attached hydrogens (tertiary/aromatic N) is 1. The molecule has 0 fully saturated rings. The zero-order valence-corrected chi connectivity index (χ0v) is 22.0. The number of benzene rings is 3. The SMILES string of the molecule is Cc1ccc(N(C(C)C(=O)Nc2ccc(S(=O)(=O)Nc3ccc(Cl)cc3)cc2)S(C)(=O)=O)cc1C. The van der Waals surface area contributed by atoms with E-state index < -0.39 is 32.0 Å². The van der Waals surface area contributed by atoms with Gasteiger partial charge in [0.2, 0.25) is 15.9 Å². The van der Waals surface area contributed by atoms with Crippen LogP contribution in [0.15, 0.2) is 71.6 Å². The molecule has 3 aromatic carbocycles. The molecule has 1 amide bonds. The van der Waals surface area contributed by atoms with Crippen molar-refractivity contribution in [3.8, 4) is 0 Å². The van der Waals surface area contributed by atoms with E-state index in [1.54, 1.807) is 42.5 Å². The Kier molecular flexibility index (Phi) is 7.78. The summed E-state index contributed by atoms with van der Waals surface area (Å²) in [4.78, 5) is 12.9. The fourth-order valence-electron chi connectivity index (χ4n) is 3.37. The number of aryl methyl sites for hydroxylation is 2. The van der Waals surface area contributed by atoms with Crippen LogP contribution in [0.2, 0.25) is 5.02 Å². The van der Waals surface area contributed by atoms with Crippen LogP contribution in [0.4, 0.5) is 17.1 Å². The Bertz CT molecular complexity index is 1440. The number of anilines is 3. The second kappa shape index (κ2) is 10.3. The van der Waals surface area contributed by atoms with Crippen LogP contribution in [-0.2, 0) is 24.8 Å². The molecule has 3 rings (SSSR count). The topological polar surface area (TPSA) is 113 Å². The highest BCUT2D eigenvalue weighted by atomic mass is 35.5. The summed E-state index contributed by atoms with van der Waals surface area (Å²) >= 11 is 5.83. The molecule has 186 valence electrons. The summed E-state index contributed by atoms with van der Waals surface area (Å²) in [6.45, 7) is 5.26. The van der Waals surface area contributed by atoms with Crippen molar-refractivity contribution in [3.63, 3.8) is 0 Å². The maximum atomic E-state index is 12.9. The van der Waals surface area contributed by atoms with Crippen molar-refractivity contribution in [2.75, 3.05) is 20.6 Å². The molecule has 0 saturated carbocycles. The minimum atomic E-state index is -3.86. The Morgan fingerprint density at radius 1 is 0.857 bits per heavy atom. The second-order valence-corrected chi connectivity index (χ2v) is 12.1. The largest absolute Gasteiger partial charge is 0.324 e. The third kappa shape index (κ3) is 6.53. The van der Waals surface area contributed by atoms with Crippen LogP contribution < -0.4 is 14.3 Å². The number of hydrogen-bond acceptors (Lipinski definition) is 5. The molecule has 1 unspecified atom stereocenters. The van der Waals surface area contributed by atoms with Gasteiger partial charge < -0.3 is 5.32 Å². The van der Waals surface area contributed by atoms with Crippen LogP contribution in [0, 0.1) is 13.8 Å².